The van der Waals surface area contributed by atoms with E-state index in [0.29, 0.717) is 34.8 Å². The van der Waals surface area contributed by atoms with Crippen molar-refractivity contribution in [2.45, 2.75) is 99.3 Å². The Kier molecular flexibility index (Phi) is 20.6. The first-order chi connectivity index (χ1) is 31.7. The number of nitrogens with two attached hydrogens (primary N) is 2. The molecule has 2 aliphatic rings. The van der Waals surface area contributed by atoms with E-state index < -0.39 is 23.5 Å². The van der Waals surface area contributed by atoms with E-state index in [4.69, 9.17) is 16.5 Å². The summed E-state index contributed by atoms with van der Waals surface area (Å²) in [6.07, 6.45) is 1.17. The third-order valence-corrected chi connectivity index (χ3v) is 12.3. The van der Waals surface area contributed by atoms with Crippen LogP contribution in [-0.4, -0.2) is 23.8 Å². The highest BCUT2D eigenvalue weighted by Crippen LogP contribution is 2.32. The van der Waals surface area contributed by atoms with Crippen LogP contribution in [0.1, 0.15) is 84.7 Å². The summed E-state index contributed by atoms with van der Waals surface area (Å²) in [7, 11) is 0. The van der Waals surface area contributed by atoms with E-state index in [0.717, 1.165) is 74.3 Å². The van der Waals surface area contributed by atoms with Crippen LogP contribution in [0.4, 0.5) is 26.3 Å². The van der Waals surface area contributed by atoms with Gasteiger partial charge in [-0.25, -0.2) is 0 Å². The minimum Gasteiger partial charge on any atom is -0.387 e. The number of rotatable bonds is 8. The molecule has 2 atom stereocenters. The highest BCUT2D eigenvalue weighted by Gasteiger charge is 2.31. The molecule has 0 bridgehead atoms. The molecule has 4 nitrogen and oxygen atoms in total. The average molecular weight is 1030 g/mol. The van der Waals surface area contributed by atoms with E-state index in [-0.39, 0.29) is 6.04 Å². The van der Waals surface area contributed by atoms with Gasteiger partial charge in [-0.3, -0.25) is 9.98 Å². The number of aliphatic imine (C=N–C) groups is 2. The quantitative estimate of drug-likeness (QED) is 0.118. The van der Waals surface area contributed by atoms with Gasteiger partial charge in [-0.15, -0.1) is 0 Å². The Morgan fingerprint density at radius 2 is 0.879 bits per heavy atom. The van der Waals surface area contributed by atoms with Gasteiger partial charge in [0.1, 0.15) is 0 Å². The van der Waals surface area contributed by atoms with Crippen LogP contribution < -0.4 is 11.5 Å². The first kappa shape index (κ1) is 51.8. The smallest absolute Gasteiger partial charge is 0.387 e. The molecular formula is C54H56Br2F6N4. The van der Waals surface area contributed by atoms with Crippen molar-refractivity contribution in [3.8, 4) is 22.3 Å². The van der Waals surface area contributed by atoms with Crippen molar-refractivity contribution >= 4 is 43.5 Å². The van der Waals surface area contributed by atoms with Crippen LogP contribution in [0.25, 0.3) is 22.3 Å². The lowest BCUT2D eigenvalue weighted by atomic mass is 9.94. The van der Waals surface area contributed by atoms with Gasteiger partial charge in [-0.05, 0) is 95.2 Å². The molecule has 4 N–H and O–H groups in total. The summed E-state index contributed by atoms with van der Waals surface area (Å²) in [5.74, 6) is 1.45. The molecular weight excluding hydrogens is 978 g/mol. The second-order valence-electron chi connectivity index (χ2n) is 16.2. The van der Waals surface area contributed by atoms with Gasteiger partial charge in [-0.1, -0.05) is 190 Å². The van der Waals surface area contributed by atoms with Gasteiger partial charge in [-0.2, -0.15) is 26.3 Å². The van der Waals surface area contributed by atoms with Crippen molar-refractivity contribution in [3.63, 3.8) is 0 Å². The van der Waals surface area contributed by atoms with E-state index in [1.165, 1.54) is 64.4 Å². The molecule has 0 radical (unpaired) electrons. The predicted molar refractivity (Wildman–Crippen MR) is 267 cm³/mol. The Hall–Kier alpha value is -5.20. The molecule has 6 aromatic rings. The summed E-state index contributed by atoms with van der Waals surface area (Å²) in [6.45, 7) is 0. The molecule has 0 amide bonds. The zero-order valence-electron chi connectivity index (χ0n) is 36.7. The van der Waals surface area contributed by atoms with Crippen LogP contribution in [0, 0.1) is 0 Å². The highest BCUT2D eigenvalue weighted by atomic mass is 79.9. The molecule has 6 aromatic carbocycles. The van der Waals surface area contributed by atoms with Crippen molar-refractivity contribution in [2.75, 3.05) is 0 Å². The number of halogens is 8. The number of nitrogens with zero attached hydrogens (tertiary/aromatic N) is 2. The van der Waals surface area contributed by atoms with Crippen LogP contribution in [0.5, 0.6) is 0 Å². The topological polar surface area (TPSA) is 76.8 Å². The third kappa shape index (κ3) is 17.2. The van der Waals surface area contributed by atoms with Crippen LogP contribution in [0.15, 0.2) is 168 Å². The second kappa shape index (κ2) is 26.2. The molecule has 0 aromatic heterocycles. The first-order valence-electron chi connectivity index (χ1n) is 22.1. The third-order valence-electron chi connectivity index (χ3n) is 11.1. The fraction of sp³-hybridized carbons (Fsp3) is 0.296. The van der Waals surface area contributed by atoms with E-state index in [1.807, 2.05) is 6.07 Å². The molecule has 2 unspecified atom stereocenters. The number of benzene rings is 6. The molecule has 0 aliphatic carbocycles. The Morgan fingerprint density at radius 1 is 0.455 bits per heavy atom. The molecule has 0 fully saturated rings. The zero-order valence-corrected chi connectivity index (χ0v) is 39.9. The van der Waals surface area contributed by atoms with E-state index in [1.54, 1.807) is 12.1 Å². The summed E-state index contributed by atoms with van der Waals surface area (Å²) < 4.78 is 74.1. The van der Waals surface area contributed by atoms with Crippen LogP contribution in [-0.2, 0) is 35.9 Å². The largest absolute Gasteiger partial charge is 0.416 e. The number of alkyl halides is 8. The summed E-state index contributed by atoms with van der Waals surface area (Å²) in [5, 5.41) is 1.34. The predicted octanol–water partition coefficient (Wildman–Crippen LogP) is 15.6. The van der Waals surface area contributed by atoms with Crippen LogP contribution in [0.3, 0.4) is 0 Å². The van der Waals surface area contributed by atoms with Gasteiger partial charge in [0.2, 0.25) is 0 Å². The minimum absolute atomic E-state index is 0.00554. The number of hydrogen-bond donors (Lipinski definition) is 2. The van der Waals surface area contributed by atoms with Gasteiger partial charge in [0.05, 0.1) is 34.9 Å². The minimum atomic E-state index is -4.29. The zero-order chi connectivity index (χ0) is 47.4. The Balaban J connectivity index is 0.000000169. The maximum Gasteiger partial charge on any atom is 0.416 e. The second-order valence-corrected chi connectivity index (χ2v) is 17.3. The molecule has 8 rings (SSSR count). The van der Waals surface area contributed by atoms with Crippen LogP contribution >= 0.6 is 31.9 Å². The molecule has 66 heavy (non-hydrogen) atoms. The van der Waals surface area contributed by atoms with Gasteiger partial charge in [0.15, 0.2) is 0 Å². The van der Waals surface area contributed by atoms with E-state index >= 15 is 0 Å². The van der Waals surface area contributed by atoms with Gasteiger partial charge >= 0.3 is 12.4 Å². The first-order valence-corrected chi connectivity index (χ1v) is 24.3. The Bertz CT molecular complexity index is 2440. The van der Waals surface area contributed by atoms with Gasteiger partial charge < -0.3 is 11.5 Å². The van der Waals surface area contributed by atoms with Crippen LogP contribution in [0.2, 0.25) is 0 Å². The Morgan fingerprint density at radius 3 is 1.36 bits per heavy atom. The van der Waals surface area contributed by atoms with Crippen molar-refractivity contribution in [1.29, 1.82) is 0 Å². The van der Waals surface area contributed by atoms with Crippen molar-refractivity contribution < 1.29 is 26.3 Å². The fourth-order valence-corrected chi connectivity index (χ4v) is 8.60. The maximum atomic E-state index is 12.6. The monoisotopic (exact) mass is 1030 g/mol. The molecule has 2 aliphatic heterocycles. The Labute approximate surface area is 401 Å². The molecule has 0 saturated heterocycles. The van der Waals surface area contributed by atoms with E-state index in [9.17, 15) is 26.3 Å². The molecule has 12 heteroatoms. The number of hydrogen-bond acceptors (Lipinski definition) is 4. The van der Waals surface area contributed by atoms with Gasteiger partial charge in [0.25, 0.3) is 0 Å². The van der Waals surface area contributed by atoms with Crippen molar-refractivity contribution in [3.05, 3.63) is 191 Å². The molecule has 348 valence electrons. The van der Waals surface area contributed by atoms with Gasteiger partial charge in [0, 0.05) is 23.5 Å². The normalized spacial score (nSPS) is 16.2. The van der Waals surface area contributed by atoms with Crippen molar-refractivity contribution in [2.24, 2.45) is 21.5 Å². The molecule has 0 saturated carbocycles. The lowest BCUT2D eigenvalue weighted by molar-refractivity contribution is -0.138. The molecule has 2 heterocycles. The summed E-state index contributed by atoms with van der Waals surface area (Å²) in [4.78, 5) is 9.08. The lowest BCUT2D eigenvalue weighted by Crippen LogP contribution is -2.16. The lowest BCUT2D eigenvalue weighted by Gasteiger charge is -2.15. The standard InChI is InChI=1S/C19H22N2.C14H17F3N2.C13H11Br.C8H6BrF3/c20-19-13-7-5-11-17(21-19)14-16-10-4-6-12-18(16)15-8-2-1-3-9-15;15-14(16,17)11-5-3-4-10(8-11)9-12-6-1-2-7-13(18)19-12;14-10-12-8-4-5-9-13(12)11-6-2-1-3-7-11;9-5-6-2-1-3-7(4-6)8(10,11)12/h1-4,6,8-10,12,17H,5,7,11,13-14H2,(H2,20,21);3-5,8,12H,1-2,6-7,9H2,(H2,18,19);1-9H,10H2;1-4H,5H2. The SMILES string of the molecule is BrCc1ccccc1-c1ccccc1.FC(F)(F)c1cccc(CBr)c1.NC1=NC(Cc2cccc(C(F)(F)F)c2)CCCC1.NC1=NC(Cc2ccccc2-c2ccccc2)CCCC1. The fourth-order valence-electron chi connectivity index (χ4n) is 7.76. The summed E-state index contributed by atoms with van der Waals surface area (Å²) in [5.41, 5.74) is 19.7. The average Bonchev–Trinajstić information content (AvgIpc) is 3.67. The maximum absolute atomic E-state index is 12.6. The summed E-state index contributed by atoms with van der Waals surface area (Å²) >= 11 is 6.60. The summed E-state index contributed by atoms with van der Waals surface area (Å²) in [6, 6.07) is 49.2. The highest BCUT2D eigenvalue weighted by molar-refractivity contribution is 9.08. The molecule has 0 spiro atoms. The van der Waals surface area contributed by atoms with Crippen molar-refractivity contribution in [1.82, 2.24) is 0 Å². The van der Waals surface area contributed by atoms with E-state index in [2.05, 4.69) is 140 Å². The number of amidine groups is 2.